The minimum absolute atomic E-state index is 0.142. The zero-order chi connectivity index (χ0) is 26.3. The first-order valence-corrected chi connectivity index (χ1v) is 14.1. The van der Waals surface area contributed by atoms with Crippen LogP contribution in [-0.4, -0.2) is 134 Å². The summed E-state index contributed by atoms with van der Waals surface area (Å²) in [6, 6.07) is 0. The molecule has 0 aromatic carbocycles. The number of hydrogen-bond donors (Lipinski definition) is 4. The predicted octanol–water partition coefficient (Wildman–Crippen LogP) is 1.11. The lowest BCUT2D eigenvalue weighted by Gasteiger charge is -2.30. The van der Waals surface area contributed by atoms with E-state index >= 15 is 0 Å². The number of nitrogens with zero attached hydrogens (tertiary/aromatic N) is 2. The number of aliphatic hydroxyl groups is 4. The van der Waals surface area contributed by atoms with Gasteiger partial charge in [0.05, 0.1) is 50.8 Å². The van der Waals surface area contributed by atoms with E-state index in [4.69, 9.17) is 14.2 Å². The van der Waals surface area contributed by atoms with E-state index in [1.54, 1.807) is 0 Å². The smallest absolute Gasteiger partial charge is 0.104 e. The minimum atomic E-state index is -0.603. The zero-order valence-electron chi connectivity index (χ0n) is 23.0. The molecule has 2 aliphatic rings. The van der Waals surface area contributed by atoms with E-state index < -0.39 is 12.2 Å². The molecule has 3 atom stereocenters. The second-order valence-corrected chi connectivity index (χ2v) is 11.3. The summed E-state index contributed by atoms with van der Waals surface area (Å²) in [5.74, 6) is 1.16. The zero-order valence-corrected chi connectivity index (χ0v) is 23.0. The molecule has 0 bridgehead atoms. The molecule has 0 aromatic heterocycles. The lowest BCUT2D eigenvalue weighted by Crippen LogP contribution is -2.39. The molecule has 2 fully saturated rings. The van der Waals surface area contributed by atoms with Crippen molar-refractivity contribution < 1.29 is 34.6 Å². The first-order valence-electron chi connectivity index (χ1n) is 14.1. The summed E-state index contributed by atoms with van der Waals surface area (Å²) in [4.78, 5) is 4.29. The Balaban J connectivity index is 1.61. The molecule has 3 unspecified atom stereocenters. The lowest BCUT2D eigenvalue weighted by atomic mass is 9.87. The Morgan fingerprint density at radius 1 is 0.667 bits per heavy atom. The molecular weight excluding hydrogens is 464 g/mol. The van der Waals surface area contributed by atoms with Crippen molar-refractivity contribution in [2.45, 2.75) is 88.8 Å². The Kier molecular flexibility index (Phi) is 15.9. The second-order valence-electron chi connectivity index (χ2n) is 11.3. The molecule has 2 saturated carbocycles. The van der Waals surface area contributed by atoms with E-state index in [0.717, 1.165) is 64.5 Å². The van der Waals surface area contributed by atoms with Gasteiger partial charge in [-0.1, -0.05) is 0 Å². The molecule has 0 amide bonds. The van der Waals surface area contributed by atoms with Gasteiger partial charge in [-0.25, -0.2) is 0 Å². The van der Waals surface area contributed by atoms with Gasteiger partial charge in [-0.05, 0) is 84.2 Å². The fraction of sp³-hybridized carbons (Fsp3) is 1.00. The second kappa shape index (κ2) is 18.0. The van der Waals surface area contributed by atoms with Crippen LogP contribution in [0.15, 0.2) is 0 Å². The molecule has 2 rings (SSSR count). The normalized spacial score (nSPS) is 27.9. The van der Waals surface area contributed by atoms with E-state index in [-0.39, 0.29) is 31.5 Å². The van der Waals surface area contributed by atoms with Crippen LogP contribution in [0.25, 0.3) is 0 Å². The molecule has 9 nitrogen and oxygen atoms in total. The van der Waals surface area contributed by atoms with Crippen molar-refractivity contribution in [3.05, 3.63) is 0 Å². The Bertz CT molecular complexity index is 542. The van der Waals surface area contributed by atoms with Crippen LogP contribution in [0, 0.1) is 11.8 Å². The van der Waals surface area contributed by atoms with Crippen molar-refractivity contribution in [1.29, 1.82) is 0 Å². The van der Waals surface area contributed by atoms with Gasteiger partial charge < -0.3 is 44.4 Å². The van der Waals surface area contributed by atoms with E-state index in [1.165, 1.54) is 0 Å². The summed E-state index contributed by atoms with van der Waals surface area (Å²) >= 11 is 0. The van der Waals surface area contributed by atoms with Crippen LogP contribution in [0.4, 0.5) is 0 Å². The summed E-state index contributed by atoms with van der Waals surface area (Å²) in [5, 5.41) is 40.2. The van der Waals surface area contributed by atoms with Crippen molar-refractivity contribution in [3.63, 3.8) is 0 Å². The number of hydrogen-bond acceptors (Lipinski definition) is 9. The van der Waals surface area contributed by atoms with Crippen LogP contribution >= 0.6 is 0 Å². The largest absolute Gasteiger partial charge is 0.393 e. The third-order valence-electron chi connectivity index (χ3n) is 7.46. The summed E-state index contributed by atoms with van der Waals surface area (Å²) in [5.41, 5.74) is 0. The highest BCUT2D eigenvalue weighted by atomic mass is 16.6. The Labute approximate surface area is 218 Å². The van der Waals surface area contributed by atoms with Crippen LogP contribution < -0.4 is 0 Å². The van der Waals surface area contributed by atoms with Gasteiger partial charge in [0.15, 0.2) is 0 Å². The highest BCUT2D eigenvalue weighted by molar-refractivity contribution is 4.76. The van der Waals surface area contributed by atoms with Crippen LogP contribution in [0.3, 0.4) is 0 Å². The summed E-state index contributed by atoms with van der Waals surface area (Å²) in [6.07, 6.45) is 5.89. The molecule has 2 aliphatic carbocycles. The maximum atomic E-state index is 10.5. The van der Waals surface area contributed by atoms with E-state index in [2.05, 4.69) is 9.80 Å². The Hall–Kier alpha value is -0.360. The van der Waals surface area contributed by atoms with E-state index in [1.807, 2.05) is 21.0 Å². The van der Waals surface area contributed by atoms with Gasteiger partial charge in [0.2, 0.25) is 0 Å². The first kappa shape index (κ1) is 31.9. The molecule has 0 saturated heterocycles. The topological polar surface area (TPSA) is 115 Å². The van der Waals surface area contributed by atoms with Gasteiger partial charge >= 0.3 is 0 Å². The number of ether oxygens (including phenoxy) is 3. The number of likely N-dealkylation sites (N-methyl/N-ethyl adjacent to an activating group) is 2. The third-order valence-corrected chi connectivity index (χ3v) is 7.46. The van der Waals surface area contributed by atoms with Crippen molar-refractivity contribution in [1.82, 2.24) is 9.80 Å². The molecule has 0 aliphatic heterocycles. The highest BCUT2D eigenvalue weighted by Crippen LogP contribution is 2.25. The maximum absolute atomic E-state index is 10.5. The van der Waals surface area contributed by atoms with Crippen molar-refractivity contribution in [3.8, 4) is 0 Å². The number of aliphatic hydroxyl groups excluding tert-OH is 4. The molecular formula is C27H54N2O7. The van der Waals surface area contributed by atoms with Gasteiger partial charge in [-0.3, -0.25) is 0 Å². The highest BCUT2D eigenvalue weighted by Gasteiger charge is 2.23. The molecule has 0 aromatic rings. The average Bonchev–Trinajstić information content (AvgIpc) is 2.83. The number of rotatable bonds is 18. The van der Waals surface area contributed by atoms with Crippen molar-refractivity contribution in [2.24, 2.45) is 11.8 Å². The molecule has 0 heterocycles. The first-order chi connectivity index (χ1) is 17.2. The van der Waals surface area contributed by atoms with E-state index in [9.17, 15) is 20.4 Å². The molecule has 9 heteroatoms. The quantitative estimate of drug-likeness (QED) is 0.212. The third kappa shape index (κ3) is 14.0. The molecule has 0 spiro atoms. The fourth-order valence-corrected chi connectivity index (χ4v) is 5.49. The van der Waals surface area contributed by atoms with Gasteiger partial charge in [0.1, 0.15) is 6.10 Å². The van der Waals surface area contributed by atoms with Gasteiger partial charge in [-0.15, -0.1) is 0 Å². The van der Waals surface area contributed by atoms with Crippen LogP contribution in [0.1, 0.15) is 58.3 Å². The van der Waals surface area contributed by atoms with Crippen molar-refractivity contribution >= 4 is 0 Å². The van der Waals surface area contributed by atoms with E-state index in [0.29, 0.717) is 44.7 Å². The van der Waals surface area contributed by atoms with Crippen LogP contribution in [-0.2, 0) is 14.2 Å². The predicted molar refractivity (Wildman–Crippen MR) is 140 cm³/mol. The summed E-state index contributed by atoms with van der Waals surface area (Å²) < 4.78 is 17.2. The lowest BCUT2D eigenvalue weighted by molar-refractivity contribution is -0.0925. The maximum Gasteiger partial charge on any atom is 0.104 e. The summed E-state index contributed by atoms with van der Waals surface area (Å²) in [7, 11) is 4.04. The fourth-order valence-electron chi connectivity index (χ4n) is 5.49. The SMILES string of the molecule is CCOCC(COCC(O)CN(C)CC1CCC(O)CC1)OCC(O)CN(C)CC1CCC(O)CC1. The minimum Gasteiger partial charge on any atom is -0.393 e. The Morgan fingerprint density at radius 3 is 1.58 bits per heavy atom. The molecule has 214 valence electrons. The van der Waals surface area contributed by atoms with Gasteiger partial charge in [-0.2, -0.15) is 0 Å². The monoisotopic (exact) mass is 518 g/mol. The molecule has 36 heavy (non-hydrogen) atoms. The van der Waals surface area contributed by atoms with Gasteiger partial charge in [0, 0.05) is 32.8 Å². The standard InChI is InChI=1S/C27H54N2O7/c1-4-34-19-27(36-18-26(33)16-29(3)14-22-7-11-24(31)12-8-22)20-35-17-25(32)15-28(2)13-21-5-9-23(30)10-6-21/h21-27,30-33H,4-20H2,1-3H3. The van der Waals surface area contributed by atoms with Crippen LogP contribution in [0.2, 0.25) is 0 Å². The average molecular weight is 519 g/mol. The van der Waals surface area contributed by atoms with Crippen molar-refractivity contribution in [2.75, 3.05) is 73.3 Å². The molecule has 4 N–H and O–H groups in total. The summed E-state index contributed by atoms with van der Waals surface area (Å²) in [6.45, 7) is 6.54. The van der Waals surface area contributed by atoms with Crippen LogP contribution in [0.5, 0.6) is 0 Å². The Morgan fingerprint density at radius 2 is 1.11 bits per heavy atom. The molecule has 0 radical (unpaired) electrons. The van der Waals surface area contributed by atoms with Gasteiger partial charge in [0.25, 0.3) is 0 Å².